The number of hydrogen-bond donors (Lipinski definition) is 3. The van der Waals surface area contributed by atoms with Crippen molar-refractivity contribution in [2.45, 2.75) is 6.54 Å². The molecule has 19 heavy (non-hydrogen) atoms. The summed E-state index contributed by atoms with van der Waals surface area (Å²) >= 11 is 0. The Hall–Kier alpha value is -2.50. The van der Waals surface area contributed by atoms with Crippen LogP contribution in [0.4, 0.5) is 5.69 Å². The number of amides is 1. The molecule has 1 aromatic heterocycles. The first kappa shape index (κ1) is 11.6. The zero-order valence-electron chi connectivity index (χ0n) is 10.3. The lowest BCUT2D eigenvalue weighted by atomic mass is 10.1. The maximum absolute atomic E-state index is 12.2. The highest BCUT2D eigenvalue weighted by molar-refractivity contribution is 5.98. The Kier molecular flexibility index (Phi) is 3.06. The van der Waals surface area contributed by atoms with Crippen LogP contribution < -0.4 is 15.4 Å². The van der Waals surface area contributed by atoms with Gasteiger partial charge in [0.1, 0.15) is 6.61 Å². The Balaban J connectivity index is 1.76. The number of fused-ring (bicyclic) bond motifs is 1. The minimum absolute atomic E-state index is 0.157. The average Bonchev–Trinajstić information content (AvgIpc) is 2.97. The molecule has 98 valence electrons. The van der Waals surface area contributed by atoms with Gasteiger partial charge in [-0.15, -0.1) is 0 Å². The van der Waals surface area contributed by atoms with E-state index >= 15 is 0 Å². The lowest BCUT2D eigenvalue weighted by Gasteiger charge is -2.21. The van der Waals surface area contributed by atoms with E-state index in [1.54, 1.807) is 12.3 Å². The summed E-state index contributed by atoms with van der Waals surface area (Å²) in [5.41, 5.74) is 2.27. The number of H-pyrrole nitrogens is 1. The van der Waals surface area contributed by atoms with Gasteiger partial charge in [0.05, 0.1) is 23.5 Å². The number of carbonyl (C=O) groups excluding carboxylic acids is 1. The fraction of sp³-hybridized carbons (Fsp3) is 0.231. The van der Waals surface area contributed by atoms with Crippen LogP contribution in [-0.2, 0) is 6.54 Å². The number of nitrogens with one attached hydrogen (secondary N) is 3. The molecule has 0 radical (unpaired) electrons. The maximum Gasteiger partial charge on any atom is 0.255 e. The number of aromatic nitrogens is 2. The lowest BCUT2D eigenvalue weighted by molar-refractivity contribution is 0.0946. The molecule has 0 unspecified atom stereocenters. The second-order valence-electron chi connectivity index (χ2n) is 4.22. The van der Waals surface area contributed by atoms with Crippen molar-refractivity contribution in [1.82, 2.24) is 15.5 Å². The fourth-order valence-corrected chi connectivity index (χ4v) is 2.00. The molecule has 6 heteroatoms. The van der Waals surface area contributed by atoms with Gasteiger partial charge in [0.25, 0.3) is 5.91 Å². The van der Waals surface area contributed by atoms with Gasteiger partial charge in [-0.25, -0.2) is 0 Å². The zero-order valence-corrected chi connectivity index (χ0v) is 10.3. The molecule has 1 aliphatic heterocycles. The first-order chi connectivity index (χ1) is 9.34. The smallest absolute Gasteiger partial charge is 0.255 e. The summed E-state index contributed by atoms with van der Waals surface area (Å²) in [5.74, 6) is 0.464. The van der Waals surface area contributed by atoms with Gasteiger partial charge in [0.15, 0.2) is 5.75 Å². The van der Waals surface area contributed by atoms with Gasteiger partial charge in [0, 0.05) is 12.7 Å². The minimum atomic E-state index is -0.157. The van der Waals surface area contributed by atoms with E-state index in [-0.39, 0.29) is 5.91 Å². The van der Waals surface area contributed by atoms with Crippen molar-refractivity contribution in [3.63, 3.8) is 0 Å². The van der Waals surface area contributed by atoms with Gasteiger partial charge in [-0.1, -0.05) is 6.07 Å². The summed E-state index contributed by atoms with van der Waals surface area (Å²) in [7, 11) is 0. The number of aromatic amines is 1. The number of anilines is 1. The number of para-hydroxylation sites is 1. The first-order valence-electron chi connectivity index (χ1n) is 6.11. The molecule has 2 heterocycles. The molecule has 0 saturated carbocycles. The quantitative estimate of drug-likeness (QED) is 0.771. The van der Waals surface area contributed by atoms with Crippen molar-refractivity contribution in [3.05, 3.63) is 41.7 Å². The van der Waals surface area contributed by atoms with Crippen molar-refractivity contribution in [3.8, 4) is 5.75 Å². The highest BCUT2D eigenvalue weighted by Gasteiger charge is 2.18. The van der Waals surface area contributed by atoms with Crippen molar-refractivity contribution < 1.29 is 9.53 Å². The maximum atomic E-state index is 12.2. The topological polar surface area (TPSA) is 79.0 Å². The van der Waals surface area contributed by atoms with Crippen LogP contribution in [0.25, 0.3) is 0 Å². The van der Waals surface area contributed by atoms with E-state index < -0.39 is 0 Å². The van der Waals surface area contributed by atoms with Crippen molar-refractivity contribution in [1.29, 1.82) is 0 Å². The van der Waals surface area contributed by atoms with Gasteiger partial charge in [-0.05, 0) is 18.2 Å². The van der Waals surface area contributed by atoms with E-state index in [0.717, 1.165) is 17.9 Å². The zero-order chi connectivity index (χ0) is 13.1. The highest BCUT2D eigenvalue weighted by atomic mass is 16.5. The second-order valence-corrected chi connectivity index (χ2v) is 4.22. The van der Waals surface area contributed by atoms with Crippen LogP contribution in [-0.4, -0.2) is 29.3 Å². The number of carbonyl (C=O) groups is 1. The fourth-order valence-electron chi connectivity index (χ4n) is 2.00. The summed E-state index contributed by atoms with van der Waals surface area (Å²) in [6.07, 6.45) is 1.65. The number of benzene rings is 1. The summed E-state index contributed by atoms with van der Waals surface area (Å²) < 4.78 is 5.57. The van der Waals surface area contributed by atoms with Crippen LogP contribution in [0.15, 0.2) is 30.5 Å². The van der Waals surface area contributed by atoms with Gasteiger partial charge >= 0.3 is 0 Å². The molecule has 0 atom stereocenters. The van der Waals surface area contributed by atoms with E-state index in [2.05, 4.69) is 20.8 Å². The summed E-state index contributed by atoms with van der Waals surface area (Å²) in [6, 6.07) is 7.32. The molecule has 0 spiro atoms. The Morgan fingerprint density at radius 2 is 2.37 bits per heavy atom. The monoisotopic (exact) mass is 258 g/mol. The van der Waals surface area contributed by atoms with Crippen LogP contribution in [0.2, 0.25) is 0 Å². The van der Waals surface area contributed by atoms with Crippen LogP contribution in [0.5, 0.6) is 5.75 Å². The number of nitrogens with zero attached hydrogens (tertiary/aromatic N) is 1. The van der Waals surface area contributed by atoms with E-state index in [1.165, 1.54) is 0 Å². The molecule has 0 fully saturated rings. The molecule has 0 saturated heterocycles. The van der Waals surface area contributed by atoms with Crippen LogP contribution in [0.3, 0.4) is 0 Å². The Labute approximate surface area is 110 Å². The van der Waals surface area contributed by atoms with E-state index in [0.29, 0.717) is 24.5 Å². The Morgan fingerprint density at radius 3 is 3.21 bits per heavy atom. The number of rotatable bonds is 3. The average molecular weight is 258 g/mol. The largest absolute Gasteiger partial charge is 0.489 e. The predicted molar refractivity (Wildman–Crippen MR) is 70.2 cm³/mol. The standard InChI is InChI=1S/C13H14N4O2/c18-13(15-8-9-4-5-16-17-9)10-2-1-3-11-12(10)19-7-6-14-11/h1-5,14H,6-8H2,(H,15,18)(H,16,17). The molecule has 1 aliphatic rings. The van der Waals surface area contributed by atoms with Gasteiger partial charge in [0.2, 0.25) is 0 Å². The SMILES string of the molecule is O=C(NCc1ccn[nH]1)c1cccc2c1OCCN2. The summed E-state index contributed by atoms with van der Waals surface area (Å²) in [5, 5.41) is 12.7. The Bertz CT molecular complexity index is 580. The molecule has 0 aliphatic carbocycles. The van der Waals surface area contributed by atoms with Crippen molar-refractivity contribution >= 4 is 11.6 Å². The third-order valence-corrected chi connectivity index (χ3v) is 2.92. The molecular weight excluding hydrogens is 244 g/mol. The second kappa shape index (κ2) is 5.01. The van der Waals surface area contributed by atoms with Gasteiger partial charge in [-0.3, -0.25) is 9.89 Å². The molecule has 1 aromatic carbocycles. The number of ether oxygens (including phenoxy) is 1. The van der Waals surface area contributed by atoms with Gasteiger partial charge in [-0.2, -0.15) is 5.10 Å². The summed E-state index contributed by atoms with van der Waals surface area (Å²) in [4.78, 5) is 12.2. The molecule has 1 amide bonds. The molecule has 3 rings (SSSR count). The minimum Gasteiger partial charge on any atom is -0.489 e. The normalized spacial score (nSPS) is 13.1. The molecular formula is C13H14N4O2. The molecule has 2 aromatic rings. The van der Waals surface area contributed by atoms with Crippen LogP contribution in [0, 0.1) is 0 Å². The molecule has 0 bridgehead atoms. The van der Waals surface area contributed by atoms with Crippen molar-refractivity contribution in [2.75, 3.05) is 18.5 Å². The number of hydrogen-bond acceptors (Lipinski definition) is 4. The Morgan fingerprint density at radius 1 is 1.42 bits per heavy atom. The van der Waals surface area contributed by atoms with E-state index in [1.807, 2.05) is 18.2 Å². The highest BCUT2D eigenvalue weighted by Crippen LogP contribution is 2.31. The van der Waals surface area contributed by atoms with E-state index in [9.17, 15) is 4.79 Å². The third kappa shape index (κ3) is 2.37. The molecule has 6 nitrogen and oxygen atoms in total. The van der Waals surface area contributed by atoms with Crippen LogP contribution in [0.1, 0.15) is 16.1 Å². The molecule has 3 N–H and O–H groups in total. The lowest BCUT2D eigenvalue weighted by Crippen LogP contribution is -2.26. The third-order valence-electron chi connectivity index (χ3n) is 2.92. The van der Waals surface area contributed by atoms with Crippen LogP contribution >= 0.6 is 0 Å². The van der Waals surface area contributed by atoms with E-state index in [4.69, 9.17) is 4.74 Å². The predicted octanol–water partition coefficient (Wildman–Crippen LogP) is 1.14. The van der Waals surface area contributed by atoms with Gasteiger partial charge < -0.3 is 15.4 Å². The summed E-state index contributed by atoms with van der Waals surface area (Å²) in [6.45, 7) is 1.74. The van der Waals surface area contributed by atoms with Crippen molar-refractivity contribution in [2.24, 2.45) is 0 Å². The first-order valence-corrected chi connectivity index (χ1v) is 6.11.